The maximum Gasteiger partial charge on any atom is 0.103 e. The van der Waals surface area contributed by atoms with Crippen LogP contribution >= 0.6 is 0 Å². The van der Waals surface area contributed by atoms with Gasteiger partial charge >= 0.3 is 0 Å². The van der Waals surface area contributed by atoms with Crippen molar-refractivity contribution in [1.82, 2.24) is 9.99 Å². The van der Waals surface area contributed by atoms with Gasteiger partial charge in [0.05, 0.1) is 34.9 Å². The Bertz CT molecular complexity index is 846. The molecule has 1 N–H and O–H groups in total. The number of anilines is 1. The highest BCUT2D eigenvalue weighted by molar-refractivity contribution is 5.86. The molecule has 2 heterocycles. The number of hydrazone groups is 1. The number of nitriles is 2. The largest absolute Gasteiger partial charge is 0.372 e. The molecule has 0 atom stereocenters. The first-order chi connectivity index (χ1) is 12.0. The van der Waals surface area contributed by atoms with Crippen molar-refractivity contribution in [1.29, 1.82) is 10.5 Å². The molecular formula is C19H20N6. The Morgan fingerprint density at radius 3 is 2.76 bits per heavy atom. The summed E-state index contributed by atoms with van der Waals surface area (Å²) >= 11 is 0. The smallest absolute Gasteiger partial charge is 0.103 e. The Labute approximate surface area is 148 Å². The van der Waals surface area contributed by atoms with E-state index < -0.39 is 0 Å². The lowest BCUT2D eigenvalue weighted by Gasteiger charge is -2.25. The fourth-order valence-electron chi connectivity index (χ4n) is 2.48. The summed E-state index contributed by atoms with van der Waals surface area (Å²) in [5.74, 6) is 0.279. The van der Waals surface area contributed by atoms with Crippen LogP contribution in [0.2, 0.25) is 0 Å². The lowest BCUT2D eigenvalue weighted by Crippen LogP contribution is -2.18. The maximum absolute atomic E-state index is 8.98. The summed E-state index contributed by atoms with van der Waals surface area (Å²) in [7, 11) is 0. The number of nitrogens with one attached hydrogen (secondary N) is 1. The average Bonchev–Trinajstić information content (AvgIpc) is 2.61. The molecule has 0 amide bonds. The minimum Gasteiger partial charge on any atom is -0.372 e. The van der Waals surface area contributed by atoms with Crippen LogP contribution < -0.4 is 5.32 Å². The van der Waals surface area contributed by atoms with E-state index in [2.05, 4.69) is 48.0 Å². The SMILES string of the molecule is C=C1C=C(C#N)C=NN1/C(=C\C)c1cc(NCC#N)c(C(C)C)cn1. The molecule has 6 nitrogen and oxygen atoms in total. The third kappa shape index (κ3) is 3.94. The van der Waals surface area contributed by atoms with Gasteiger partial charge in [-0.2, -0.15) is 15.6 Å². The zero-order valence-electron chi connectivity index (χ0n) is 14.6. The van der Waals surface area contributed by atoms with Crippen molar-refractivity contribution in [2.45, 2.75) is 26.7 Å². The predicted octanol–water partition coefficient (Wildman–Crippen LogP) is 3.77. The Morgan fingerprint density at radius 2 is 2.20 bits per heavy atom. The molecule has 0 spiro atoms. The van der Waals surface area contributed by atoms with Crippen LogP contribution in [0.25, 0.3) is 5.70 Å². The van der Waals surface area contributed by atoms with E-state index in [1.165, 1.54) is 6.21 Å². The summed E-state index contributed by atoms with van der Waals surface area (Å²) in [5, 5.41) is 26.9. The molecule has 6 heteroatoms. The Kier molecular flexibility index (Phi) is 5.71. The zero-order chi connectivity index (χ0) is 18.4. The third-order valence-electron chi connectivity index (χ3n) is 3.71. The topological polar surface area (TPSA) is 88.1 Å². The lowest BCUT2D eigenvalue weighted by molar-refractivity contribution is 0.537. The van der Waals surface area contributed by atoms with Crippen molar-refractivity contribution >= 4 is 17.6 Å². The number of hydrogen-bond acceptors (Lipinski definition) is 6. The second-order valence-corrected chi connectivity index (χ2v) is 5.76. The van der Waals surface area contributed by atoms with Crippen LogP contribution in [-0.2, 0) is 0 Å². The molecule has 126 valence electrons. The third-order valence-corrected chi connectivity index (χ3v) is 3.71. The fourth-order valence-corrected chi connectivity index (χ4v) is 2.48. The molecule has 1 aromatic heterocycles. The van der Waals surface area contributed by atoms with Gasteiger partial charge in [-0.05, 0) is 30.5 Å². The zero-order valence-corrected chi connectivity index (χ0v) is 14.6. The van der Waals surface area contributed by atoms with Gasteiger partial charge in [0.1, 0.15) is 12.6 Å². The van der Waals surface area contributed by atoms with Crippen molar-refractivity contribution in [3.63, 3.8) is 0 Å². The molecule has 1 aliphatic heterocycles. The van der Waals surface area contributed by atoms with E-state index >= 15 is 0 Å². The van der Waals surface area contributed by atoms with Gasteiger partial charge in [0.15, 0.2) is 0 Å². The van der Waals surface area contributed by atoms with Crippen LogP contribution in [0.4, 0.5) is 5.69 Å². The van der Waals surface area contributed by atoms with Crippen LogP contribution in [0.1, 0.15) is 37.9 Å². The van der Waals surface area contributed by atoms with E-state index in [9.17, 15) is 0 Å². The van der Waals surface area contributed by atoms with Crippen molar-refractivity contribution in [3.05, 3.63) is 53.5 Å². The molecule has 1 aromatic rings. The molecule has 25 heavy (non-hydrogen) atoms. The number of allylic oxidation sites excluding steroid dienone is 3. The molecule has 0 radical (unpaired) electrons. The maximum atomic E-state index is 8.98. The summed E-state index contributed by atoms with van der Waals surface area (Å²) in [5.41, 5.74) is 4.43. The van der Waals surface area contributed by atoms with E-state index in [1.54, 1.807) is 11.1 Å². The Hall–Kier alpha value is -3.38. The molecule has 0 aliphatic carbocycles. The van der Waals surface area contributed by atoms with Crippen LogP contribution in [-0.4, -0.2) is 22.8 Å². The molecule has 1 aliphatic rings. The lowest BCUT2D eigenvalue weighted by atomic mass is 10.0. The molecule has 0 fully saturated rings. The second-order valence-electron chi connectivity index (χ2n) is 5.76. The van der Waals surface area contributed by atoms with Gasteiger partial charge < -0.3 is 5.32 Å². The van der Waals surface area contributed by atoms with Gasteiger partial charge in [-0.25, -0.2) is 5.01 Å². The minimum atomic E-state index is 0.219. The van der Waals surface area contributed by atoms with Crippen LogP contribution in [0, 0.1) is 22.7 Å². The van der Waals surface area contributed by atoms with Gasteiger partial charge in [0.2, 0.25) is 0 Å². The highest BCUT2D eigenvalue weighted by Gasteiger charge is 2.18. The summed E-state index contributed by atoms with van der Waals surface area (Å²) in [6.45, 7) is 10.2. The Morgan fingerprint density at radius 1 is 1.44 bits per heavy atom. The fraction of sp³-hybridized carbons (Fsp3) is 0.263. The van der Waals surface area contributed by atoms with Gasteiger partial charge in [0.25, 0.3) is 0 Å². The van der Waals surface area contributed by atoms with Crippen molar-refractivity contribution in [2.24, 2.45) is 5.10 Å². The standard InChI is InChI=1S/C19H20N6/c1-5-19(25-14(4)8-15(10-21)11-24-25)18-9-17(22-7-6-20)16(12-23-18)13(2)3/h5,8-9,11-13H,4,7H2,1-3H3,(H,22,23)/b19-5-. The first-order valence-electron chi connectivity index (χ1n) is 7.94. The monoisotopic (exact) mass is 332 g/mol. The molecule has 0 saturated carbocycles. The van der Waals surface area contributed by atoms with Crippen LogP contribution in [0.3, 0.4) is 0 Å². The highest BCUT2D eigenvalue weighted by Crippen LogP contribution is 2.30. The van der Waals surface area contributed by atoms with Gasteiger partial charge in [-0.1, -0.05) is 26.5 Å². The molecule has 2 rings (SSSR count). The molecule has 0 bridgehead atoms. The summed E-state index contributed by atoms with van der Waals surface area (Å²) in [4.78, 5) is 4.56. The predicted molar refractivity (Wildman–Crippen MR) is 99.2 cm³/mol. The quantitative estimate of drug-likeness (QED) is 0.829. The van der Waals surface area contributed by atoms with E-state index in [0.29, 0.717) is 17.0 Å². The molecule has 0 unspecified atom stereocenters. The summed E-state index contributed by atoms with van der Waals surface area (Å²) in [6.07, 6.45) is 6.87. The van der Waals surface area contributed by atoms with Gasteiger partial charge in [-0.15, -0.1) is 0 Å². The molecule has 0 aromatic carbocycles. The van der Waals surface area contributed by atoms with E-state index in [1.807, 2.05) is 25.3 Å². The van der Waals surface area contributed by atoms with Gasteiger partial charge in [-0.3, -0.25) is 4.98 Å². The second kappa shape index (κ2) is 7.94. The Balaban J connectivity index is 2.41. The number of aromatic nitrogens is 1. The van der Waals surface area contributed by atoms with Crippen molar-refractivity contribution in [3.8, 4) is 12.1 Å². The van der Waals surface area contributed by atoms with Crippen LogP contribution in [0.5, 0.6) is 0 Å². The summed E-state index contributed by atoms with van der Waals surface area (Å²) < 4.78 is 0. The summed E-state index contributed by atoms with van der Waals surface area (Å²) in [6, 6.07) is 6.06. The number of rotatable bonds is 5. The van der Waals surface area contributed by atoms with Gasteiger partial charge in [0, 0.05) is 11.9 Å². The van der Waals surface area contributed by atoms with Crippen molar-refractivity contribution < 1.29 is 0 Å². The normalized spacial score (nSPS) is 14.2. The van der Waals surface area contributed by atoms with E-state index in [-0.39, 0.29) is 12.5 Å². The first kappa shape index (κ1) is 18.0. The molecular weight excluding hydrogens is 312 g/mol. The number of hydrogen-bond donors (Lipinski definition) is 1. The molecule has 0 saturated heterocycles. The minimum absolute atomic E-state index is 0.219. The van der Waals surface area contributed by atoms with E-state index in [0.717, 1.165) is 16.9 Å². The number of nitrogens with zero attached hydrogens (tertiary/aromatic N) is 5. The van der Waals surface area contributed by atoms with Crippen molar-refractivity contribution in [2.75, 3.05) is 11.9 Å². The van der Waals surface area contributed by atoms with Crippen LogP contribution in [0.15, 0.2) is 47.4 Å². The average molecular weight is 332 g/mol. The first-order valence-corrected chi connectivity index (χ1v) is 7.94. The highest BCUT2D eigenvalue weighted by atomic mass is 15.5. The number of pyridine rings is 1. The van der Waals surface area contributed by atoms with E-state index in [4.69, 9.17) is 10.5 Å².